The second-order valence-electron chi connectivity index (χ2n) is 5.88. The van der Waals surface area contributed by atoms with Gasteiger partial charge in [-0.2, -0.15) is 0 Å². The number of benzene rings is 3. The lowest BCUT2D eigenvalue weighted by Gasteiger charge is -2.14. The first-order valence-corrected chi connectivity index (χ1v) is 9.10. The fraction of sp³-hybridized carbons (Fsp3) is 0.0556. The van der Waals surface area contributed by atoms with Gasteiger partial charge in [0.15, 0.2) is 4.90 Å². The summed E-state index contributed by atoms with van der Waals surface area (Å²) in [5.41, 5.74) is 1.22. The molecule has 0 bridgehead atoms. The minimum atomic E-state index is -4.50. The third-order valence-corrected chi connectivity index (χ3v) is 5.76. The maximum atomic E-state index is 13.9. The van der Waals surface area contributed by atoms with Gasteiger partial charge in [-0.3, -0.25) is 9.52 Å². The summed E-state index contributed by atoms with van der Waals surface area (Å²) < 4.78 is 55.1. The second kappa shape index (κ2) is 5.50. The number of rotatable bonds is 3. The van der Waals surface area contributed by atoms with Crippen LogP contribution in [0.1, 0.15) is 10.4 Å². The Kier molecular flexibility index (Phi) is 3.48. The van der Waals surface area contributed by atoms with Gasteiger partial charge >= 0.3 is 0 Å². The van der Waals surface area contributed by atoms with Crippen LogP contribution in [-0.4, -0.2) is 21.4 Å². The molecule has 3 aromatic carbocycles. The molecule has 0 saturated heterocycles. The SMILES string of the molecule is CN1C(=O)c2cccc3c(NS(=O)(=O)c4c(F)cccc4F)ccc1c23. The lowest BCUT2D eigenvalue weighted by molar-refractivity contribution is 0.0999. The topological polar surface area (TPSA) is 66.5 Å². The molecule has 0 aromatic heterocycles. The number of amides is 1. The van der Waals surface area contributed by atoms with Crippen molar-refractivity contribution < 1.29 is 22.0 Å². The Morgan fingerprint density at radius 1 is 0.962 bits per heavy atom. The molecule has 8 heteroatoms. The van der Waals surface area contributed by atoms with Gasteiger partial charge in [0.2, 0.25) is 0 Å². The number of carbonyl (C=O) groups is 1. The highest BCUT2D eigenvalue weighted by atomic mass is 32.2. The fourth-order valence-corrected chi connectivity index (χ4v) is 4.38. The molecule has 0 atom stereocenters. The third-order valence-electron chi connectivity index (χ3n) is 4.35. The van der Waals surface area contributed by atoms with Crippen LogP contribution in [0.25, 0.3) is 10.8 Å². The molecule has 3 aromatic rings. The van der Waals surface area contributed by atoms with Crippen molar-refractivity contribution in [1.29, 1.82) is 0 Å². The number of halogens is 2. The van der Waals surface area contributed by atoms with Crippen molar-refractivity contribution in [3.63, 3.8) is 0 Å². The molecular formula is C18H12F2N2O3S. The van der Waals surface area contributed by atoms with Crippen molar-refractivity contribution in [1.82, 2.24) is 0 Å². The number of hydrogen-bond acceptors (Lipinski definition) is 3. The number of sulfonamides is 1. The standard InChI is InChI=1S/C18H12F2N2O3S/c1-22-15-9-8-14(10-4-2-5-11(16(10)15)18(22)23)21-26(24,25)17-12(19)6-3-7-13(17)20/h2-9,21H,1H3. The quantitative estimate of drug-likeness (QED) is 0.763. The van der Waals surface area contributed by atoms with Crippen LogP contribution in [0.2, 0.25) is 0 Å². The minimum Gasteiger partial charge on any atom is -0.311 e. The van der Waals surface area contributed by atoms with Gasteiger partial charge < -0.3 is 4.90 Å². The van der Waals surface area contributed by atoms with E-state index in [1.54, 1.807) is 31.3 Å². The third kappa shape index (κ3) is 2.26. The molecule has 0 aliphatic carbocycles. The first-order valence-electron chi connectivity index (χ1n) is 7.62. The summed E-state index contributed by atoms with van der Waals surface area (Å²) in [4.78, 5) is 12.7. The molecule has 1 amide bonds. The van der Waals surface area contributed by atoms with Crippen molar-refractivity contribution in [3.8, 4) is 0 Å². The first kappa shape index (κ1) is 16.5. The van der Waals surface area contributed by atoms with E-state index in [2.05, 4.69) is 4.72 Å². The van der Waals surface area contributed by atoms with E-state index in [-0.39, 0.29) is 11.6 Å². The summed E-state index contributed by atoms with van der Waals surface area (Å²) in [6.07, 6.45) is 0. The van der Waals surface area contributed by atoms with Crippen molar-refractivity contribution in [2.75, 3.05) is 16.7 Å². The predicted octanol–water partition coefficient (Wildman–Crippen LogP) is 3.51. The number of nitrogens with zero attached hydrogens (tertiary/aromatic N) is 1. The second-order valence-corrected chi connectivity index (χ2v) is 7.50. The average Bonchev–Trinajstić information content (AvgIpc) is 2.83. The normalized spacial score (nSPS) is 13.5. The highest BCUT2D eigenvalue weighted by Crippen LogP contribution is 2.40. The Bertz CT molecular complexity index is 1170. The lowest BCUT2D eigenvalue weighted by atomic mass is 10.0. The van der Waals surface area contributed by atoms with Crippen LogP contribution in [0.15, 0.2) is 53.4 Å². The summed E-state index contributed by atoms with van der Waals surface area (Å²) in [7, 11) is -2.88. The van der Waals surface area contributed by atoms with E-state index >= 15 is 0 Å². The van der Waals surface area contributed by atoms with E-state index in [9.17, 15) is 22.0 Å². The first-order chi connectivity index (χ1) is 12.3. The van der Waals surface area contributed by atoms with Gasteiger partial charge in [-0.1, -0.05) is 18.2 Å². The molecule has 0 spiro atoms. The Morgan fingerprint density at radius 3 is 2.31 bits per heavy atom. The predicted molar refractivity (Wildman–Crippen MR) is 93.8 cm³/mol. The number of anilines is 2. The summed E-state index contributed by atoms with van der Waals surface area (Å²) in [6, 6.07) is 10.8. The van der Waals surface area contributed by atoms with Crippen molar-refractivity contribution in [2.45, 2.75) is 4.90 Å². The van der Waals surface area contributed by atoms with Gasteiger partial charge in [0.05, 0.1) is 11.4 Å². The van der Waals surface area contributed by atoms with Crippen molar-refractivity contribution >= 4 is 38.1 Å². The summed E-state index contributed by atoms with van der Waals surface area (Å²) in [5.74, 6) is -2.57. The van der Waals surface area contributed by atoms with Gasteiger partial charge in [0.25, 0.3) is 15.9 Å². The smallest absolute Gasteiger partial charge is 0.267 e. The zero-order valence-corrected chi connectivity index (χ0v) is 14.3. The van der Waals surface area contributed by atoms with Crippen molar-refractivity contribution in [3.05, 3.63) is 65.7 Å². The van der Waals surface area contributed by atoms with Gasteiger partial charge in [0, 0.05) is 23.4 Å². The van der Waals surface area contributed by atoms with E-state index in [4.69, 9.17) is 0 Å². The minimum absolute atomic E-state index is 0.136. The molecule has 1 aliphatic rings. The molecule has 1 aliphatic heterocycles. The van der Waals surface area contributed by atoms with Gasteiger partial charge in [-0.15, -0.1) is 0 Å². The zero-order chi connectivity index (χ0) is 18.6. The van der Waals surface area contributed by atoms with Crippen LogP contribution in [-0.2, 0) is 10.0 Å². The van der Waals surface area contributed by atoms with E-state index in [1.807, 2.05) is 0 Å². The Morgan fingerprint density at radius 2 is 1.62 bits per heavy atom. The molecule has 0 radical (unpaired) electrons. The molecule has 1 N–H and O–H groups in total. The summed E-state index contributed by atoms with van der Waals surface area (Å²) >= 11 is 0. The molecule has 1 heterocycles. The van der Waals surface area contributed by atoms with Crippen molar-refractivity contribution in [2.24, 2.45) is 0 Å². The Hall–Kier alpha value is -3.00. The van der Waals surface area contributed by atoms with Crippen LogP contribution in [0.3, 0.4) is 0 Å². The Balaban J connectivity index is 1.89. The maximum Gasteiger partial charge on any atom is 0.267 e. The monoisotopic (exact) mass is 374 g/mol. The van der Waals surface area contributed by atoms with Crippen LogP contribution in [0.4, 0.5) is 20.2 Å². The molecule has 0 unspecified atom stereocenters. The van der Waals surface area contributed by atoms with Crippen LogP contribution >= 0.6 is 0 Å². The van der Waals surface area contributed by atoms with E-state index < -0.39 is 26.6 Å². The molecule has 0 fully saturated rings. The molecule has 26 heavy (non-hydrogen) atoms. The summed E-state index contributed by atoms with van der Waals surface area (Å²) in [5, 5.41) is 1.06. The molecule has 0 saturated carbocycles. The maximum absolute atomic E-state index is 13.9. The van der Waals surface area contributed by atoms with Crippen LogP contribution in [0.5, 0.6) is 0 Å². The number of nitrogens with one attached hydrogen (secondary N) is 1. The molecule has 132 valence electrons. The molecular weight excluding hydrogens is 362 g/mol. The van der Waals surface area contributed by atoms with Gasteiger partial charge in [-0.05, 0) is 30.3 Å². The van der Waals surface area contributed by atoms with E-state index in [0.717, 1.165) is 18.2 Å². The lowest BCUT2D eigenvalue weighted by Crippen LogP contribution is -2.20. The van der Waals surface area contributed by atoms with Crippen LogP contribution < -0.4 is 9.62 Å². The van der Waals surface area contributed by atoms with E-state index in [1.165, 1.54) is 11.0 Å². The zero-order valence-electron chi connectivity index (χ0n) is 13.5. The highest BCUT2D eigenvalue weighted by Gasteiger charge is 2.29. The molecule has 4 rings (SSSR count). The van der Waals surface area contributed by atoms with Gasteiger partial charge in [-0.25, -0.2) is 17.2 Å². The highest BCUT2D eigenvalue weighted by molar-refractivity contribution is 7.92. The number of hydrogen-bond donors (Lipinski definition) is 1. The van der Waals surface area contributed by atoms with Crippen LogP contribution in [0, 0.1) is 11.6 Å². The van der Waals surface area contributed by atoms with Gasteiger partial charge in [0.1, 0.15) is 11.6 Å². The largest absolute Gasteiger partial charge is 0.311 e. The average molecular weight is 374 g/mol. The fourth-order valence-electron chi connectivity index (χ4n) is 3.16. The number of carbonyl (C=O) groups excluding carboxylic acids is 1. The Labute approximate surface area is 147 Å². The summed E-state index contributed by atoms with van der Waals surface area (Å²) in [6.45, 7) is 0. The van der Waals surface area contributed by atoms with E-state index in [0.29, 0.717) is 22.0 Å². The molecule has 5 nitrogen and oxygen atoms in total.